The predicted octanol–water partition coefficient (Wildman–Crippen LogP) is 1.71. The molecule has 1 N–H and O–H groups in total. The average molecular weight is 321 g/mol. The number of carboxylic acid groups (broad SMARTS) is 1. The number of aryl methyl sites for hydroxylation is 1. The number of ether oxygens (including phenoxy) is 1. The number of nitrogens with zero attached hydrogens (tertiary/aromatic N) is 1. The maximum atomic E-state index is 12.8. The largest absolute Gasteiger partial charge is 0.481 e. The highest BCUT2D eigenvalue weighted by Gasteiger charge is 2.56. The second-order valence-electron chi connectivity index (χ2n) is 6.43. The molecule has 2 aliphatic heterocycles. The molecule has 2 heterocycles. The zero-order chi connectivity index (χ0) is 16.4. The Morgan fingerprint density at radius 3 is 2.74 bits per heavy atom. The standard InChI is InChI=1S/C17H20FNO4/c18-14-6-4-12(5-7-14)2-1-3-15(20)19-8-13-9-23-11-17(13,10-19)16(21)22/h4-7,13H,1-3,8-11H2,(H,21,22)/t13-,17-/m1/s1. The second-order valence-corrected chi connectivity index (χ2v) is 6.43. The van der Waals surface area contributed by atoms with E-state index in [1.165, 1.54) is 12.1 Å². The first-order valence-electron chi connectivity index (χ1n) is 7.85. The van der Waals surface area contributed by atoms with Gasteiger partial charge in [-0.05, 0) is 30.5 Å². The van der Waals surface area contributed by atoms with E-state index in [1.54, 1.807) is 17.0 Å². The number of likely N-dealkylation sites (tertiary alicyclic amines) is 1. The van der Waals surface area contributed by atoms with E-state index in [0.717, 1.165) is 5.56 Å². The highest BCUT2D eigenvalue weighted by Crippen LogP contribution is 2.41. The maximum absolute atomic E-state index is 12.8. The fourth-order valence-electron chi connectivity index (χ4n) is 3.48. The third-order valence-electron chi connectivity index (χ3n) is 4.92. The summed E-state index contributed by atoms with van der Waals surface area (Å²) in [5, 5.41) is 9.47. The summed E-state index contributed by atoms with van der Waals surface area (Å²) in [5.41, 5.74) is 0.0694. The van der Waals surface area contributed by atoms with Crippen LogP contribution in [0.3, 0.4) is 0 Å². The van der Waals surface area contributed by atoms with E-state index in [0.29, 0.717) is 32.4 Å². The van der Waals surface area contributed by atoms with Gasteiger partial charge in [0.05, 0.1) is 13.2 Å². The Labute approximate surface area is 134 Å². The molecule has 5 nitrogen and oxygen atoms in total. The summed E-state index contributed by atoms with van der Waals surface area (Å²) in [6.07, 6.45) is 1.75. The van der Waals surface area contributed by atoms with E-state index in [9.17, 15) is 19.1 Å². The van der Waals surface area contributed by atoms with Gasteiger partial charge in [0.15, 0.2) is 0 Å². The lowest BCUT2D eigenvalue weighted by molar-refractivity contribution is -0.149. The van der Waals surface area contributed by atoms with Crippen LogP contribution in [0.1, 0.15) is 18.4 Å². The van der Waals surface area contributed by atoms with Gasteiger partial charge in [0.2, 0.25) is 5.91 Å². The molecule has 2 aliphatic rings. The van der Waals surface area contributed by atoms with E-state index in [1.807, 2.05) is 0 Å². The number of hydrogen-bond acceptors (Lipinski definition) is 3. The van der Waals surface area contributed by atoms with Crippen LogP contribution < -0.4 is 0 Å². The number of rotatable bonds is 5. The Bertz CT molecular complexity index is 603. The van der Waals surface area contributed by atoms with Gasteiger partial charge in [-0.2, -0.15) is 0 Å². The number of carboxylic acids is 1. The molecule has 0 radical (unpaired) electrons. The smallest absolute Gasteiger partial charge is 0.314 e. The van der Waals surface area contributed by atoms with E-state index >= 15 is 0 Å². The van der Waals surface area contributed by atoms with Crippen molar-refractivity contribution in [1.82, 2.24) is 4.90 Å². The Morgan fingerprint density at radius 1 is 1.35 bits per heavy atom. The topological polar surface area (TPSA) is 66.8 Å². The first-order chi connectivity index (χ1) is 11.0. The third-order valence-corrected chi connectivity index (χ3v) is 4.92. The van der Waals surface area contributed by atoms with Crippen LogP contribution in [0.2, 0.25) is 0 Å². The lowest BCUT2D eigenvalue weighted by Crippen LogP contribution is -2.40. The average Bonchev–Trinajstić information content (AvgIpc) is 3.07. The molecule has 1 amide bonds. The van der Waals surface area contributed by atoms with Gasteiger partial charge in [-0.3, -0.25) is 9.59 Å². The normalized spacial score (nSPS) is 26.3. The summed E-state index contributed by atoms with van der Waals surface area (Å²) in [6.45, 7) is 1.29. The minimum absolute atomic E-state index is 0.0119. The van der Waals surface area contributed by atoms with E-state index in [-0.39, 0.29) is 30.8 Å². The van der Waals surface area contributed by atoms with E-state index in [4.69, 9.17) is 4.74 Å². The summed E-state index contributed by atoms with van der Waals surface area (Å²) < 4.78 is 18.1. The quantitative estimate of drug-likeness (QED) is 0.896. The zero-order valence-corrected chi connectivity index (χ0v) is 12.8. The summed E-state index contributed by atoms with van der Waals surface area (Å²) in [4.78, 5) is 25.5. The number of halogens is 1. The van der Waals surface area contributed by atoms with E-state index in [2.05, 4.69) is 0 Å². The van der Waals surface area contributed by atoms with Crippen molar-refractivity contribution < 1.29 is 23.8 Å². The molecule has 6 heteroatoms. The minimum atomic E-state index is -0.924. The van der Waals surface area contributed by atoms with Crippen LogP contribution in [0.25, 0.3) is 0 Å². The fraction of sp³-hybridized carbons (Fsp3) is 0.529. The molecule has 0 aliphatic carbocycles. The molecule has 0 saturated carbocycles. The highest BCUT2D eigenvalue weighted by molar-refractivity contribution is 5.81. The van der Waals surface area contributed by atoms with Crippen molar-refractivity contribution in [2.75, 3.05) is 26.3 Å². The number of carbonyl (C=O) groups excluding carboxylic acids is 1. The molecule has 0 spiro atoms. The number of amides is 1. The SMILES string of the molecule is O=C(CCCc1ccc(F)cc1)N1C[C@@H]2COC[C@]2(C(=O)O)C1. The highest BCUT2D eigenvalue weighted by atomic mass is 19.1. The number of carbonyl (C=O) groups is 2. The molecule has 1 aromatic rings. The van der Waals surface area contributed by atoms with Gasteiger partial charge in [-0.15, -0.1) is 0 Å². The maximum Gasteiger partial charge on any atom is 0.314 e. The van der Waals surface area contributed by atoms with Gasteiger partial charge in [0.25, 0.3) is 0 Å². The van der Waals surface area contributed by atoms with Crippen LogP contribution in [0, 0.1) is 17.2 Å². The number of fused-ring (bicyclic) bond motifs is 1. The molecule has 2 fully saturated rings. The lowest BCUT2D eigenvalue weighted by Gasteiger charge is -2.22. The Balaban J connectivity index is 1.51. The minimum Gasteiger partial charge on any atom is -0.481 e. The molecule has 23 heavy (non-hydrogen) atoms. The summed E-state index contributed by atoms with van der Waals surface area (Å²) in [5.74, 6) is -1.26. The molecular formula is C17H20FNO4. The van der Waals surface area contributed by atoms with E-state index < -0.39 is 11.4 Å². The lowest BCUT2D eigenvalue weighted by atomic mass is 9.81. The Morgan fingerprint density at radius 2 is 2.09 bits per heavy atom. The van der Waals surface area contributed by atoms with Crippen LogP contribution >= 0.6 is 0 Å². The van der Waals surface area contributed by atoms with Crippen molar-refractivity contribution in [3.8, 4) is 0 Å². The van der Waals surface area contributed by atoms with Crippen LogP contribution in [-0.2, 0) is 20.7 Å². The third kappa shape index (κ3) is 3.08. The number of benzene rings is 1. The van der Waals surface area contributed by atoms with Crippen LogP contribution in [0.15, 0.2) is 24.3 Å². The van der Waals surface area contributed by atoms with Gasteiger partial charge >= 0.3 is 5.97 Å². The number of hydrogen-bond donors (Lipinski definition) is 1. The fourth-order valence-corrected chi connectivity index (χ4v) is 3.48. The van der Waals surface area contributed by atoms with Gasteiger partial charge < -0.3 is 14.7 Å². The molecule has 0 bridgehead atoms. The monoisotopic (exact) mass is 321 g/mol. The van der Waals surface area contributed by atoms with Gasteiger partial charge in [0.1, 0.15) is 11.2 Å². The Kier molecular flexibility index (Phi) is 4.35. The van der Waals surface area contributed by atoms with Crippen molar-refractivity contribution in [2.45, 2.75) is 19.3 Å². The molecule has 1 aromatic carbocycles. The summed E-state index contributed by atoms with van der Waals surface area (Å²) in [6, 6.07) is 6.26. The van der Waals surface area contributed by atoms with Gasteiger partial charge in [0, 0.05) is 25.4 Å². The number of aliphatic carboxylic acids is 1. The first kappa shape index (κ1) is 15.9. The summed E-state index contributed by atoms with van der Waals surface area (Å²) >= 11 is 0. The molecule has 3 rings (SSSR count). The first-order valence-corrected chi connectivity index (χ1v) is 7.85. The van der Waals surface area contributed by atoms with Crippen LogP contribution in [-0.4, -0.2) is 48.2 Å². The second kappa shape index (κ2) is 6.28. The van der Waals surface area contributed by atoms with Gasteiger partial charge in [-0.25, -0.2) is 4.39 Å². The zero-order valence-electron chi connectivity index (χ0n) is 12.8. The van der Waals surface area contributed by atoms with Gasteiger partial charge in [-0.1, -0.05) is 12.1 Å². The van der Waals surface area contributed by atoms with Crippen molar-refractivity contribution >= 4 is 11.9 Å². The van der Waals surface area contributed by atoms with Crippen molar-refractivity contribution in [3.05, 3.63) is 35.6 Å². The Hall–Kier alpha value is -1.95. The van der Waals surface area contributed by atoms with Crippen molar-refractivity contribution in [1.29, 1.82) is 0 Å². The molecule has 2 saturated heterocycles. The van der Waals surface area contributed by atoms with Crippen molar-refractivity contribution in [3.63, 3.8) is 0 Å². The molecule has 0 unspecified atom stereocenters. The molecule has 2 atom stereocenters. The summed E-state index contributed by atoms with van der Waals surface area (Å²) in [7, 11) is 0. The molecule has 124 valence electrons. The van der Waals surface area contributed by atoms with Crippen molar-refractivity contribution in [2.24, 2.45) is 11.3 Å². The molecule has 0 aromatic heterocycles. The van der Waals surface area contributed by atoms with Crippen LogP contribution in [0.5, 0.6) is 0 Å². The van der Waals surface area contributed by atoms with Crippen LogP contribution in [0.4, 0.5) is 4.39 Å². The predicted molar refractivity (Wildman–Crippen MR) is 80.3 cm³/mol. The molecular weight excluding hydrogens is 301 g/mol.